The van der Waals surface area contributed by atoms with E-state index in [-0.39, 0.29) is 11.7 Å². The lowest BCUT2D eigenvalue weighted by atomic mass is 10.2. The zero-order valence-electron chi connectivity index (χ0n) is 12.1. The van der Waals surface area contributed by atoms with Crippen molar-refractivity contribution in [3.05, 3.63) is 51.5 Å². The maximum atomic E-state index is 11.9. The third-order valence-electron chi connectivity index (χ3n) is 2.82. The van der Waals surface area contributed by atoms with Gasteiger partial charge in [-0.05, 0) is 52.3 Å². The Balaban J connectivity index is 1.56. The monoisotopic (exact) mass is 468 g/mol. The number of nitrogens with zero attached hydrogens (tertiary/aromatic N) is 3. The Morgan fingerprint density at radius 2 is 1.83 bits per heavy atom. The number of aromatic nitrogens is 3. The van der Waals surface area contributed by atoms with Gasteiger partial charge in [-0.2, -0.15) is 0 Å². The zero-order valence-corrected chi connectivity index (χ0v) is 16.1. The molecule has 1 N–H and O–H groups in total. The average molecular weight is 470 g/mol. The first-order valence-corrected chi connectivity index (χ1v) is 9.31. The summed E-state index contributed by atoms with van der Waals surface area (Å²) in [6.45, 7) is 0. The van der Waals surface area contributed by atoms with Crippen molar-refractivity contribution < 1.29 is 9.21 Å². The fraction of sp³-hybridized carbons (Fsp3) is 0.0667. The summed E-state index contributed by atoms with van der Waals surface area (Å²) >= 11 is 7.83. The van der Waals surface area contributed by atoms with Gasteiger partial charge < -0.3 is 9.73 Å². The van der Waals surface area contributed by atoms with Crippen LogP contribution in [0, 0.1) is 0 Å². The molecule has 0 unspecified atom stereocenters. The molecule has 122 valence electrons. The summed E-state index contributed by atoms with van der Waals surface area (Å²) in [7, 11) is 0. The van der Waals surface area contributed by atoms with Gasteiger partial charge in [-0.25, -0.2) is 4.98 Å². The number of amides is 1. The van der Waals surface area contributed by atoms with Gasteiger partial charge in [0.25, 0.3) is 5.22 Å². The fourth-order valence-corrected chi connectivity index (χ4v) is 2.80. The van der Waals surface area contributed by atoms with Crippen LogP contribution in [0.3, 0.4) is 0 Å². The van der Waals surface area contributed by atoms with Crippen LogP contribution in [0.5, 0.6) is 0 Å². The summed E-state index contributed by atoms with van der Waals surface area (Å²) in [6, 6.07) is 11.1. The molecule has 0 aliphatic heterocycles. The number of carbonyl (C=O) groups is 1. The highest BCUT2D eigenvalue weighted by atomic mass is 79.9. The number of hydrogen-bond acceptors (Lipinski definition) is 6. The summed E-state index contributed by atoms with van der Waals surface area (Å²) in [5.74, 6) is 0.864. The Hall–Kier alpha value is -1.71. The molecule has 3 rings (SSSR count). The number of thioether (sulfide) groups is 1. The number of anilines is 1. The van der Waals surface area contributed by atoms with E-state index in [1.54, 1.807) is 18.3 Å². The SMILES string of the molecule is O=C(CSc1nnc(-c2ccc(Br)cc2)o1)Nc1ccc(Br)cn1. The molecular formula is C15H10Br2N4O2S. The molecule has 0 atom stereocenters. The van der Waals surface area contributed by atoms with Crippen molar-refractivity contribution in [3.63, 3.8) is 0 Å². The van der Waals surface area contributed by atoms with E-state index in [9.17, 15) is 4.79 Å². The van der Waals surface area contributed by atoms with Crippen molar-refractivity contribution in [1.29, 1.82) is 0 Å². The maximum Gasteiger partial charge on any atom is 0.277 e. The normalized spacial score (nSPS) is 10.6. The second kappa shape index (κ2) is 7.91. The average Bonchev–Trinajstić information content (AvgIpc) is 3.05. The largest absolute Gasteiger partial charge is 0.411 e. The quantitative estimate of drug-likeness (QED) is 0.558. The van der Waals surface area contributed by atoms with Crippen LogP contribution in [-0.4, -0.2) is 26.8 Å². The lowest BCUT2D eigenvalue weighted by molar-refractivity contribution is -0.113. The van der Waals surface area contributed by atoms with Crippen molar-refractivity contribution in [2.45, 2.75) is 5.22 Å². The number of rotatable bonds is 5. The molecule has 0 fully saturated rings. The lowest BCUT2D eigenvalue weighted by Crippen LogP contribution is -2.14. The van der Waals surface area contributed by atoms with E-state index in [4.69, 9.17) is 4.42 Å². The highest BCUT2D eigenvalue weighted by molar-refractivity contribution is 9.10. The molecule has 0 spiro atoms. The Kier molecular flexibility index (Phi) is 5.64. The molecule has 2 aromatic heterocycles. The smallest absolute Gasteiger partial charge is 0.277 e. The van der Waals surface area contributed by atoms with Gasteiger partial charge in [0.1, 0.15) is 5.82 Å². The molecule has 0 saturated heterocycles. The Morgan fingerprint density at radius 1 is 1.08 bits per heavy atom. The molecule has 6 nitrogen and oxygen atoms in total. The molecule has 0 aliphatic rings. The van der Waals surface area contributed by atoms with E-state index in [1.165, 1.54) is 11.8 Å². The minimum Gasteiger partial charge on any atom is -0.411 e. The molecule has 24 heavy (non-hydrogen) atoms. The number of pyridine rings is 1. The second-order valence-electron chi connectivity index (χ2n) is 4.58. The van der Waals surface area contributed by atoms with Crippen molar-refractivity contribution in [2.75, 3.05) is 11.1 Å². The Labute approximate surface area is 158 Å². The predicted octanol–water partition coefficient (Wildman–Crippen LogP) is 4.39. The van der Waals surface area contributed by atoms with Crippen molar-refractivity contribution in [2.24, 2.45) is 0 Å². The fourth-order valence-electron chi connectivity index (χ4n) is 1.73. The molecule has 0 saturated carbocycles. The summed E-state index contributed by atoms with van der Waals surface area (Å²) in [5.41, 5.74) is 0.820. The number of nitrogens with one attached hydrogen (secondary N) is 1. The van der Waals surface area contributed by atoms with Gasteiger partial charge in [-0.15, -0.1) is 10.2 Å². The number of halogens is 2. The van der Waals surface area contributed by atoms with Gasteiger partial charge in [-0.3, -0.25) is 4.79 Å². The summed E-state index contributed by atoms with van der Waals surface area (Å²) in [4.78, 5) is 16.0. The van der Waals surface area contributed by atoms with Crippen LogP contribution in [0.2, 0.25) is 0 Å². The Bertz CT molecular complexity index is 837. The van der Waals surface area contributed by atoms with Crippen LogP contribution >= 0.6 is 43.6 Å². The lowest BCUT2D eigenvalue weighted by Gasteiger charge is -2.02. The molecule has 0 radical (unpaired) electrons. The van der Waals surface area contributed by atoms with Crippen LogP contribution in [-0.2, 0) is 4.79 Å². The summed E-state index contributed by atoms with van der Waals surface area (Å²) in [5, 5.41) is 11.0. The standard InChI is InChI=1S/C15H10Br2N4O2S/c16-10-3-1-9(2-4-10)14-20-21-15(23-14)24-8-13(22)19-12-6-5-11(17)7-18-12/h1-7H,8H2,(H,18,19,22). The van der Waals surface area contributed by atoms with Crippen LogP contribution in [0.25, 0.3) is 11.5 Å². The number of benzene rings is 1. The minimum absolute atomic E-state index is 0.152. The molecular weight excluding hydrogens is 460 g/mol. The van der Waals surface area contributed by atoms with Gasteiger partial charge in [0.2, 0.25) is 11.8 Å². The van der Waals surface area contributed by atoms with E-state index in [1.807, 2.05) is 24.3 Å². The van der Waals surface area contributed by atoms with E-state index in [0.717, 1.165) is 14.5 Å². The predicted molar refractivity (Wildman–Crippen MR) is 98.7 cm³/mol. The molecule has 1 aromatic carbocycles. The highest BCUT2D eigenvalue weighted by Crippen LogP contribution is 2.24. The molecule has 0 aliphatic carbocycles. The summed E-state index contributed by atoms with van der Waals surface area (Å²) in [6.07, 6.45) is 1.62. The third kappa shape index (κ3) is 4.65. The first kappa shape index (κ1) is 17.1. The zero-order chi connectivity index (χ0) is 16.9. The van der Waals surface area contributed by atoms with Gasteiger partial charge >= 0.3 is 0 Å². The van der Waals surface area contributed by atoms with Gasteiger partial charge in [-0.1, -0.05) is 27.7 Å². The molecule has 1 amide bonds. The van der Waals surface area contributed by atoms with E-state index >= 15 is 0 Å². The van der Waals surface area contributed by atoms with Gasteiger partial charge in [0, 0.05) is 20.7 Å². The van der Waals surface area contributed by atoms with Crippen molar-refractivity contribution in [3.8, 4) is 11.5 Å². The van der Waals surface area contributed by atoms with Crippen LogP contribution in [0.15, 0.2) is 61.2 Å². The number of hydrogen-bond donors (Lipinski definition) is 1. The molecule has 3 aromatic rings. The third-order valence-corrected chi connectivity index (χ3v) is 4.64. The van der Waals surface area contributed by atoms with Crippen LogP contribution in [0.1, 0.15) is 0 Å². The first-order chi connectivity index (χ1) is 11.6. The molecule has 9 heteroatoms. The van der Waals surface area contributed by atoms with Crippen LogP contribution < -0.4 is 5.32 Å². The number of carbonyl (C=O) groups excluding carboxylic acids is 1. The topological polar surface area (TPSA) is 80.9 Å². The van der Waals surface area contributed by atoms with Crippen molar-refractivity contribution >= 4 is 55.3 Å². The first-order valence-electron chi connectivity index (χ1n) is 6.74. The van der Waals surface area contributed by atoms with Gasteiger partial charge in [0.15, 0.2) is 0 Å². The Morgan fingerprint density at radius 3 is 2.54 bits per heavy atom. The summed E-state index contributed by atoms with van der Waals surface area (Å²) < 4.78 is 7.37. The van der Waals surface area contributed by atoms with Crippen molar-refractivity contribution in [1.82, 2.24) is 15.2 Å². The van der Waals surface area contributed by atoms with E-state index < -0.39 is 0 Å². The maximum absolute atomic E-state index is 11.9. The molecule has 0 bridgehead atoms. The van der Waals surface area contributed by atoms with Gasteiger partial charge in [0.05, 0.1) is 5.75 Å². The molecule has 2 heterocycles. The van der Waals surface area contributed by atoms with E-state index in [0.29, 0.717) is 16.9 Å². The highest BCUT2D eigenvalue weighted by Gasteiger charge is 2.11. The minimum atomic E-state index is -0.196. The second-order valence-corrected chi connectivity index (χ2v) is 7.34. The van der Waals surface area contributed by atoms with Crippen LogP contribution in [0.4, 0.5) is 5.82 Å². The van der Waals surface area contributed by atoms with E-state index in [2.05, 4.69) is 52.4 Å².